The first-order valence-corrected chi connectivity index (χ1v) is 19.0. The van der Waals surface area contributed by atoms with E-state index in [0.29, 0.717) is 16.1 Å². The number of hydroxylamine groups is 2. The van der Waals surface area contributed by atoms with Crippen molar-refractivity contribution in [2.24, 2.45) is 0 Å². The molecule has 0 unspecified atom stereocenters. The fourth-order valence-electron chi connectivity index (χ4n) is 5.64. The second-order valence-corrected chi connectivity index (χ2v) is 15.0. The lowest BCUT2D eigenvalue weighted by atomic mass is 10.0. The minimum atomic E-state index is -1.39. The van der Waals surface area contributed by atoms with E-state index in [2.05, 4.69) is 15.6 Å². The summed E-state index contributed by atoms with van der Waals surface area (Å²) < 4.78 is 11.2. The zero-order valence-electron chi connectivity index (χ0n) is 31.5. The van der Waals surface area contributed by atoms with Gasteiger partial charge in [-0.15, -0.1) is 11.3 Å². The third-order valence-electron chi connectivity index (χ3n) is 8.34. The second-order valence-electron chi connectivity index (χ2n) is 14.0. The third-order valence-corrected chi connectivity index (χ3v) is 9.14. The van der Waals surface area contributed by atoms with Crippen molar-refractivity contribution in [3.63, 3.8) is 0 Å². The number of alkyl carbamates (subject to hydrolysis) is 1. The van der Waals surface area contributed by atoms with E-state index in [0.717, 1.165) is 16.2 Å². The van der Waals surface area contributed by atoms with Gasteiger partial charge in [0.15, 0.2) is 0 Å². The van der Waals surface area contributed by atoms with Crippen molar-refractivity contribution in [1.82, 2.24) is 20.7 Å². The molecule has 3 atom stereocenters. The Morgan fingerprint density at radius 3 is 1.86 bits per heavy atom. The summed E-state index contributed by atoms with van der Waals surface area (Å²) in [5.74, 6) is -2.14. The van der Waals surface area contributed by atoms with Crippen LogP contribution < -0.4 is 10.6 Å². The lowest BCUT2D eigenvalue weighted by Crippen LogP contribution is -2.59. The Balaban J connectivity index is 1.52. The van der Waals surface area contributed by atoms with Crippen molar-refractivity contribution >= 4 is 35.2 Å². The van der Waals surface area contributed by atoms with Crippen LogP contribution in [-0.2, 0) is 61.2 Å². The first-order valence-electron chi connectivity index (χ1n) is 18.1. The normalized spacial score (nSPS) is 12.8. The molecule has 0 aliphatic heterocycles. The Morgan fingerprint density at radius 1 is 0.714 bits per heavy atom. The number of hydrogen-bond acceptors (Lipinski definition) is 10. The van der Waals surface area contributed by atoms with Crippen LogP contribution in [0.5, 0.6) is 5.75 Å². The maximum atomic E-state index is 14.8. The Morgan fingerprint density at radius 2 is 1.29 bits per heavy atom. The molecule has 0 aliphatic carbocycles. The highest BCUT2D eigenvalue weighted by Crippen LogP contribution is 2.20. The molecule has 12 nitrogen and oxygen atoms in total. The van der Waals surface area contributed by atoms with E-state index in [1.165, 1.54) is 23.5 Å². The van der Waals surface area contributed by atoms with E-state index >= 15 is 0 Å². The number of benzene rings is 4. The molecule has 5 rings (SSSR count). The number of nitrogens with zero attached hydrogens (tertiary/aromatic N) is 2. The van der Waals surface area contributed by atoms with Crippen LogP contribution in [0.15, 0.2) is 127 Å². The number of amides is 3. The molecule has 0 bridgehead atoms. The van der Waals surface area contributed by atoms with Crippen LogP contribution in [0.3, 0.4) is 0 Å². The zero-order valence-corrected chi connectivity index (χ0v) is 32.3. The molecule has 3 amide bonds. The minimum Gasteiger partial charge on any atom is -0.508 e. The smallest absolute Gasteiger partial charge is 0.408 e. The highest BCUT2D eigenvalue weighted by Gasteiger charge is 2.39. The molecule has 0 spiro atoms. The van der Waals surface area contributed by atoms with Crippen LogP contribution in [0.1, 0.15) is 48.0 Å². The van der Waals surface area contributed by atoms with E-state index in [4.69, 9.17) is 14.3 Å². The molecular formula is C43H46N4O8S. The van der Waals surface area contributed by atoms with Crippen LogP contribution in [0.4, 0.5) is 4.79 Å². The van der Waals surface area contributed by atoms with E-state index in [1.54, 1.807) is 44.5 Å². The highest BCUT2D eigenvalue weighted by atomic mass is 32.1. The Kier molecular flexibility index (Phi) is 14.7. The van der Waals surface area contributed by atoms with Crippen LogP contribution >= 0.6 is 11.3 Å². The summed E-state index contributed by atoms with van der Waals surface area (Å²) in [6.45, 7) is 4.98. The van der Waals surface area contributed by atoms with E-state index in [-0.39, 0.29) is 38.2 Å². The van der Waals surface area contributed by atoms with Gasteiger partial charge in [-0.25, -0.2) is 19.6 Å². The summed E-state index contributed by atoms with van der Waals surface area (Å²) in [5, 5.41) is 18.8. The molecule has 5 aromatic rings. The van der Waals surface area contributed by atoms with E-state index in [1.807, 2.05) is 91.0 Å². The van der Waals surface area contributed by atoms with Crippen molar-refractivity contribution in [3.05, 3.63) is 154 Å². The van der Waals surface area contributed by atoms with Gasteiger partial charge in [0.2, 0.25) is 5.91 Å². The number of ether oxygens (including phenoxy) is 2. The molecule has 0 saturated carbocycles. The number of thiazole rings is 1. The maximum Gasteiger partial charge on any atom is 0.408 e. The van der Waals surface area contributed by atoms with Gasteiger partial charge in [-0.2, -0.15) is 0 Å². The summed E-state index contributed by atoms with van der Waals surface area (Å²) in [6, 6.07) is 29.8. The molecule has 292 valence electrons. The number of nitrogens with one attached hydrogen (secondary N) is 2. The van der Waals surface area contributed by atoms with Gasteiger partial charge in [0.25, 0.3) is 5.91 Å². The molecule has 0 fully saturated rings. The first-order chi connectivity index (χ1) is 26.9. The van der Waals surface area contributed by atoms with Gasteiger partial charge in [0.1, 0.15) is 42.7 Å². The van der Waals surface area contributed by atoms with Gasteiger partial charge in [-0.3, -0.25) is 14.4 Å². The molecule has 0 radical (unpaired) electrons. The fraction of sp³-hybridized carbons (Fsp3) is 0.279. The number of phenolic OH excluding ortho intramolecular Hbond substituents is 1. The molecule has 1 aromatic heterocycles. The van der Waals surface area contributed by atoms with Crippen molar-refractivity contribution in [2.75, 3.05) is 0 Å². The lowest BCUT2D eigenvalue weighted by molar-refractivity contribution is -0.209. The summed E-state index contributed by atoms with van der Waals surface area (Å²) in [6.07, 6.45) is 0.706. The molecule has 4 aromatic carbocycles. The van der Waals surface area contributed by atoms with Crippen LogP contribution in [0.25, 0.3) is 0 Å². The number of aromatic hydroxyl groups is 1. The average molecular weight is 779 g/mol. The SMILES string of the molecule is CC(C)(C)OC(=O)N[C@@H](Cc1nccs1)C(=O)N(OCc1ccccc1)[C@@H](Cc1ccc(O)cc1)C(=O)N[C@@H](Cc1ccccc1)C(=O)OCc1ccccc1. The predicted octanol–water partition coefficient (Wildman–Crippen LogP) is 6.33. The van der Waals surface area contributed by atoms with Gasteiger partial charge in [-0.05, 0) is 55.2 Å². The number of esters is 1. The molecule has 1 heterocycles. The highest BCUT2D eigenvalue weighted by molar-refractivity contribution is 7.09. The number of hydrogen-bond donors (Lipinski definition) is 3. The number of carbonyl (C=O) groups is 4. The second kappa shape index (κ2) is 20.0. The minimum absolute atomic E-state index is 0.0113. The molecule has 56 heavy (non-hydrogen) atoms. The summed E-state index contributed by atoms with van der Waals surface area (Å²) >= 11 is 1.30. The van der Waals surface area contributed by atoms with E-state index in [9.17, 15) is 24.3 Å². The topological polar surface area (TPSA) is 156 Å². The summed E-state index contributed by atoms with van der Waals surface area (Å²) in [7, 11) is 0. The Hall–Kier alpha value is -6.05. The van der Waals surface area contributed by atoms with Crippen LogP contribution in [0.2, 0.25) is 0 Å². The van der Waals surface area contributed by atoms with Crippen molar-refractivity contribution in [3.8, 4) is 5.75 Å². The van der Waals surface area contributed by atoms with Gasteiger partial charge in [-0.1, -0.05) is 103 Å². The van der Waals surface area contributed by atoms with Gasteiger partial charge in [0, 0.05) is 30.8 Å². The quantitative estimate of drug-likeness (QED) is 0.0726. The number of aromatic nitrogens is 1. The Labute approximate surface area is 330 Å². The van der Waals surface area contributed by atoms with Crippen LogP contribution in [0, 0.1) is 0 Å². The molecule has 0 saturated heterocycles. The zero-order chi connectivity index (χ0) is 39.9. The van der Waals surface area contributed by atoms with Crippen molar-refractivity contribution in [1.29, 1.82) is 0 Å². The van der Waals surface area contributed by atoms with Gasteiger partial charge >= 0.3 is 12.1 Å². The molecule has 3 N–H and O–H groups in total. The average Bonchev–Trinajstić information content (AvgIpc) is 3.70. The molecule has 13 heteroatoms. The fourth-order valence-corrected chi connectivity index (χ4v) is 6.30. The van der Waals surface area contributed by atoms with Gasteiger partial charge < -0.3 is 25.2 Å². The van der Waals surface area contributed by atoms with Gasteiger partial charge in [0.05, 0.1) is 5.01 Å². The molecule has 0 aliphatic rings. The largest absolute Gasteiger partial charge is 0.508 e. The third kappa shape index (κ3) is 13.1. The number of phenols is 1. The summed E-state index contributed by atoms with van der Waals surface area (Å²) in [4.78, 5) is 67.1. The first kappa shape index (κ1) is 41.1. The number of rotatable bonds is 17. The predicted molar refractivity (Wildman–Crippen MR) is 211 cm³/mol. The monoisotopic (exact) mass is 778 g/mol. The molecular weight excluding hydrogens is 733 g/mol. The van der Waals surface area contributed by atoms with Crippen molar-refractivity contribution in [2.45, 2.75) is 77.0 Å². The lowest BCUT2D eigenvalue weighted by Gasteiger charge is -2.34. The van der Waals surface area contributed by atoms with Crippen molar-refractivity contribution < 1.29 is 38.6 Å². The summed E-state index contributed by atoms with van der Waals surface area (Å²) in [5.41, 5.74) is 1.95. The van der Waals surface area contributed by atoms with E-state index < -0.39 is 47.6 Å². The van der Waals surface area contributed by atoms with Crippen LogP contribution in [-0.4, -0.2) is 62.8 Å². The standard InChI is InChI=1S/C43H46N4O8S/c1-43(2,3)55-42(52)46-35(27-38-44-23-24-56-38)40(50)47(54-29-33-17-11-6-12-18-33)37(26-31-19-21-34(48)22-20-31)39(49)45-36(25-30-13-7-4-8-14-30)41(51)53-28-32-15-9-5-10-16-32/h4-24,35-37,48H,25-29H2,1-3H3,(H,45,49)(H,46,52)/t35-,36-,37-/m0/s1. The maximum absolute atomic E-state index is 14.8. The Bertz CT molecular complexity index is 1990. The number of carbonyl (C=O) groups excluding carboxylic acids is 4.